The van der Waals surface area contributed by atoms with Crippen LogP contribution in [0.3, 0.4) is 0 Å². The number of nitrogens with zero attached hydrogens (tertiary/aromatic N) is 4. The summed E-state index contributed by atoms with van der Waals surface area (Å²) >= 11 is 0. The molecular weight excluding hydrogens is 567 g/mol. The van der Waals surface area contributed by atoms with E-state index in [2.05, 4.69) is 31.3 Å². The Hall–Kier alpha value is -3.57. The van der Waals surface area contributed by atoms with E-state index in [-0.39, 0.29) is 5.75 Å². The lowest BCUT2D eigenvalue weighted by atomic mass is 9.97. The van der Waals surface area contributed by atoms with Crippen molar-refractivity contribution in [3.63, 3.8) is 0 Å². The Morgan fingerprint density at radius 3 is 2.64 bits per heavy atom. The van der Waals surface area contributed by atoms with Gasteiger partial charge in [-0.15, -0.1) is 6.42 Å². The van der Waals surface area contributed by atoms with E-state index < -0.39 is 56.5 Å². The average Bonchev–Trinajstić information content (AvgIpc) is 3.61. The highest BCUT2D eigenvalue weighted by atomic mass is 31.2. The molecule has 1 aromatic carbocycles. The molecule has 224 valence electrons. The number of para-hydroxylation sites is 1. The molecule has 42 heavy (non-hydrogen) atoms. The Morgan fingerprint density at radius 1 is 1.24 bits per heavy atom. The normalized spacial score (nSPS) is 26.0. The zero-order valence-corrected chi connectivity index (χ0v) is 24.2. The van der Waals surface area contributed by atoms with Gasteiger partial charge in [-0.1, -0.05) is 24.1 Å². The zero-order chi connectivity index (χ0) is 30.1. The topological polar surface area (TPSA) is 179 Å². The molecule has 0 radical (unpaired) electrons. The summed E-state index contributed by atoms with van der Waals surface area (Å²) in [5.74, 6) is 2.38. The molecular formula is C27H33N6O8P. The van der Waals surface area contributed by atoms with Gasteiger partial charge >= 0.3 is 13.7 Å². The smallest absolute Gasteiger partial charge is 0.459 e. The van der Waals surface area contributed by atoms with Crippen molar-refractivity contribution in [1.82, 2.24) is 24.6 Å². The molecule has 6 atom stereocenters. The average molecular weight is 601 g/mol. The van der Waals surface area contributed by atoms with Gasteiger partial charge in [-0.25, -0.2) is 19.5 Å². The standard InChI is InChI=1S/C27H33N6O8P/c1-5-27(13-38-42(37,41-19-9-7-6-8-10-19)32-17(4)26(36)39-16(2)3)22(35)21(34)25(40-27)33-15-30-20-23(31-18-11-12-18)28-14-29-24(20)33/h1,6-10,14-18,21-22,25,34-35H,11-13H2,2-4H3,(H,32,37)(H,28,29,31)/t17-,21?,22+,25+,27+,42-/m0/s1. The number of aliphatic hydroxyl groups excluding tert-OH is 2. The Bertz CT molecular complexity index is 1510. The zero-order valence-electron chi connectivity index (χ0n) is 23.3. The number of imidazole rings is 1. The summed E-state index contributed by atoms with van der Waals surface area (Å²) in [4.78, 5) is 25.4. The number of anilines is 1. The first-order valence-corrected chi connectivity index (χ1v) is 15.0. The van der Waals surface area contributed by atoms with E-state index >= 15 is 0 Å². The van der Waals surface area contributed by atoms with Crippen LogP contribution in [0.15, 0.2) is 43.0 Å². The second kappa shape index (κ2) is 12.0. The van der Waals surface area contributed by atoms with Crippen LogP contribution in [0.5, 0.6) is 5.75 Å². The molecule has 14 nitrogen and oxygen atoms in total. The van der Waals surface area contributed by atoms with E-state index in [0.717, 1.165) is 12.8 Å². The summed E-state index contributed by atoms with van der Waals surface area (Å²) in [7, 11) is -4.35. The molecule has 0 amide bonds. The molecule has 1 saturated heterocycles. The van der Waals surface area contributed by atoms with Crippen molar-refractivity contribution < 1.29 is 38.1 Å². The van der Waals surface area contributed by atoms with Gasteiger partial charge in [0.05, 0.1) is 12.4 Å². The van der Waals surface area contributed by atoms with Gasteiger partial charge in [0.1, 0.15) is 36.9 Å². The molecule has 2 aromatic heterocycles. The summed E-state index contributed by atoms with van der Waals surface area (Å²) in [5, 5.41) is 28.0. The first-order chi connectivity index (χ1) is 20.0. The van der Waals surface area contributed by atoms with Crippen LogP contribution in [0.1, 0.15) is 39.8 Å². The quantitative estimate of drug-likeness (QED) is 0.135. The van der Waals surface area contributed by atoms with Gasteiger partial charge in [-0.3, -0.25) is 13.9 Å². The largest absolute Gasteiger partial charge is 0.462 e. The van der Waals surface area contributed by atoms with Crippen molar-refractivity contribution in [3.05, 3.63) is 43.0 Å². The summed E-state index contributed by atoms with van der Waals surface area (Å²) < 4.78 is 38.0. The number of fused-ring (bicyclic) bond motifs is 1. The Morgan fingerprint density at radius 2 is 1.98 bits per heavy atom. The van der Waals surface area contributed by atoms with E-state index in [4.69, 9.17) is 24.9 Å². The maximum Gasteiger partial charge on any atom is 0.459 e. The van der Waals surface area contributed by atoms with E-state index in [1.165, 1.54) is 24.1 Å². The van der Waals surface area contributed by atoms with E-state index in [9.17, 15) is 19.6 Å². The highest BCUT2D eigenvalue weighted by molar-refractivity contribution is 7.52. The number of carbonyl (C=O) groups is 1. The van der Waals surface area contributed by atoms with E-state index in [1.54, 1.807) is 44.2 Å². The van der Waals surface area contributed by atoms with Gasteiger partial charge in [0, 0.05) is 6.04 Å². The lowest BCUT2D eigenvalue weighted by molar-refractivity contribution is -0.149. The number of ether oxygens (including phenoxy) is 2. The number of terminal acetylenes is 1. The Labute approximate surface area is 242 Å². The highest BCUT2D eigenvalue weighted by Gasteiger charge is 2.56. The van der Waals surface area contributed by atoms with Crippen LogP contribution in [0.4, 0.5) is 5.82 Å². The lowest BCUT2D eigenvalue weighted by Gasteiger charge is -2.29. The van der Waals surface area contributed by atoms with Crippen molar-refractivity contribution in [2.45, 2.75) is 75.8 Å². The predicted octanol–water partition coefficient (Wildman–Crippen LogP) is 2.16. The second-order valence-corrected chi connectivity index (χ2v) is 12.1. The minimum absolute atomic E-state index is 0.179. The Kier molecular flexibility index (Phi) is 8.52. The number of esters is 1. The van der Waals surface area contributed by atoms with Crippen molar-refractivity contribution in [2.75, 3.05) is 11.9 Å². The predicted molar refractivity (Wildman–Crippen MR) is 150 cm³/mol. The van der Waals surface area contributed by atoms with Crippen molar-refractivity contribution >= 4 is 30.7 Å². The Balaban J connectivity index is 1.38. The molecule has 4 N–H and O–H groups in total. The highest BCUT2D eigenvalue weighted by Crippen LogP contribution is 2.48. The van der Waals surface area contributed by atoms with Crippen molar-refractivity contribution in [2.24, 2.45) is 0 Å². The summed E-state index contributed by atoms with van der Waals surface area (Å²) in [5.41, 5.74) is -1.17. The second-order valence-electron chi connectivity index (χ2n) is 10.5. The number of carbonyl (C=O) groups excluding carboxylic acids is 1. The molecule has 2 fully saturated rings. The summed E-state index contributed by atoms with van der Waals surface area (Å²) in [6, 6.07) is 7.36. The molecule has 1 aliphatic carbocycles. The van der Waals surface area contributed by atoms with Gasteiger partial charge in [-0.05, 0) is 45.7 Å². The molecule has 3 aromatic rings. The molecule has 1 saturated carbocycles. The van der Waals surface area contributed by atoms with Crippen LogP contribution in [0, 0.1) is 12.3 Å². The maximum atomic E-state index is 13.9. The molecule has 15 heteroatoms. The number of aliphatic hydroxyl groups is 2. The third kappa shape index (κ3) is 6.27. The molecule has 5 rings (SSSR count). The SMILES string of the molecule is C#C[C@]1(CO[P@@](=O)(N[C@@H](C)C(=O)OC(C)C)Oc2ccccc2)O[C@@H](n2cnc3c(NC4CC4)ncnc32)C(O)[C@H]1O. The fourth-order valence-corrected chi connectivity index (χ4v) is 5.89. The summed E-state index contributed by atoms with van der Waals surface area (Å²) in [6.45, 7) is 4.11. The minimum Gasteiger partial charge on any atom is -0.462 e. The number of aromatic nitrogens is 4. The lowest BCUT2D eigenvalue weighted by Crippen LogP contribution is -2.46. The minimum atomic E-state index is -4.35. The molecule has 1 unspecified atom stereocenters. The number of rotatable bonds is 12. The molecule has 1 aliphatic heterocycles. The summed E-state index contributed by atoms with van der Waals surface area (Å²) in [6.07, 6.45) is 5.76. The first kappa shape index (κ1) is 29.9. The van der Waals surface area contributed by atoms with Crippen LogP contribution in [-0.2, 0) is 23.4 Å². The van der Waals surface area contributed by atoms with Crippen LogP contribution >= 0.6 is 7.75 Å². The third-order valence-electron chi connectivity index (χ3n) is 6.69. The molecule has 3 heterocycles. The number of hydrogen-bond acceptors (Lipinski definition) is 12. The number of benzene rings is 1. The third-order valence-corrected chi connectivity index (χ3v) is 8.32. The van der Waals surface area contributed by atoms with Gasteiger partial charge in [0.25, 0.3) is 0 Å². The van der Waals surface area contributed by atoms with Crippen molar-refractivity contribution in [1.29, 1.82) is 0 Å². The van der Waals surface area contributed by atoms with Crippen LogP contribution in [-0.4, -0.2) is 78.3 Å². The van der Waals surface area contributed by atoms with Gasteiger partial charge in [0.15, 0.2) is 28.8 Å². The first-order valence-electron chi connectivity index (χ1n) is 13.5. The van der Waals surface area contributed by atoms with Gasteiger partial charge < -0.3 is 29.5 Å². The van der Waals surface area contributed by atoms with Crippen molar-refractivity contribution in [3.8, 4) is 18.1 Å². The van der Waals surface area contributed by atoms with Crippen LogP contribution < -0.4 is 14.9 Å². The number of nitrogens with one attached hydrogen (secondary N) is 2. The molecule has 0 spiro atoms. The van der Waals surface area contributed by atoms with E-state index in [1.807, 2.05) is 0 Å². The molecule has 0 bridgehead atoms. The number of hydrogen-bond donors (Lipinski definition) is 4. The fourth-order valence-electron chi connectivity index (χ4n) is 4.37. The fraction of sp³-hybridized carbons (Fsp3) is 0.481. The van der Waals surface area contributed by atoms with Crippen LogP contribution in [0.25, 0.3) is 11.2 Å². The maximum absolute atomic E-state index is 13.9. The molecule has 2 aliphatic rings. The monoisotopic (exact) mass is 600 g/mol. The van der Waals surface area contributed by atoms with Gasteiger partial charge in [0.2, 0.25) is 0 Å². The van der Waals surface area contributed by atoms with Gasteiger partial charge in [-0.2, -0.15) is 5.09 Å². The van der Waals surface area contributed by atoms with E-state index in [0.29, 0.717) is 23.0 Å². The van der Waals surface area contributed by atoms with Crippen LogP contribution in [0.2, 0.25) is 0 Å².